The van der Waals surface area contributed by atoms with E-state index in [1.54, 1.807) is 12.1 Å². The van der Waals surface area contributed by atoms with Gasteiger partial charge in [0.1, 0.15) is 11.3 Å². The lowest BCUT2D eigenvalue weighted by molar-refractivity contribution is -0.166. The van der Waals surface area contributed by atoms with E-state index in [0.717, 1.165) is 0 Å². The number of halogens is 3. The first-order chi connectivity index (χ1) is 8.92. The van der Waals surface area contributed by atoms with Crippen LogP contribution in [0.4, 0.5) is 13.2 Å². The molecule has 0 aliphatic heterocycles. The van der Waals surface area contributed by atoms with Crippen LogP contribution < -0.4 is 10.1 Å². The number of benzene rings is 1. The highest BCUT2D eigenvalue weighted by molar-refractivity contribution is 5.42. The summed E-state index contributed by atoms with van der Waals surface area (Å²) < 4.78 is 43.4. The smallest absolute Gasteiger partial charge is 0.406 e. The molecule has 1 aromatic rings. The molecule has 0 unspecified atom stereocenters. The maximum absolute atomic E-state index is 12.8. The number of nitrogens with one attached hydrogen (secondary N) is 1. The minimum absolute atomic E-state index is 0.0260. The molecule has 1 fully saturated rings. The van der Waals surface area contributed by atoms with Crippen LogP contribution in [-0.2, 0) is 6.54 Å². The zero-order valence-corrected chi connectivity index (χ0v) is 10.3. The van der Waals surface area contributed by atoms with Crippen LogP contribution in [0, 0.1) is 11.3 Å². The number of alkyl halides is 3. The van der Waals surface area contributed by atoms with Crippen molar-refractivity contribution < 1.29 is 17.9 Å². The number of ether oxygens (including phenoxy) is 1. The van der Waals surface area contributed by atoms with E-state index in [1.807, 2.05) is 6.07 Å². The average molecular weight is 270 g/mol. The summed E-state index contributed by atoms with van der Waals surface area (Å²) in [7, 11) is 1.45. The van der Waals surface area contributed by atoms with Crippen molar-refractivity contribution in [3.05, 3.63) is 29.3 Å². The van der Waals surface area contributed by atoms with Crippen LogP contribution in [-0.4, -0.2) is 18.8 Å². The van der Waals surface area contributed by atoms with E-state index >= 15 is 0 Å². The maximum atomic E-state index is 12.8. The standard InChI is InChI=1S/C13H13F3N2O/c1-19-11-3-2-9(7-17)6-10(11)8-18-12(4-5-12)13(14,15)16/h2-3,6,18H,4-5,8H2,1H3. The first-order valence-corrected chi connectivity index (χ1v) is 5.81. The van der Waals surface area contributed by atoms with E-state index in [9.17, 15) is 13.2 Å². The lowest BCUT2D eigenvalue weighted by atomic mass is 10.1. The summed E-state index contributed by atoms with van der Waals surface area (Å²) >= 11 is 0. The van der Waals surface area contributed by atoms with Gasteiger partial charge in [-0.15, -0.1) is 0 Å². The summed E-state index contributed by atoms with van der Waals surface area (Å²) in [4.78, 5) is 0. The number of rotatable bonds is 4. The van der Waals surface area contributed by atoms with Gasteiger partial charge in [0.05, 0.1) is 18.7 Å². The quantitative estimate of drug-likeness (QED) is 0.915. The Kier molecular flexibility index (Phi) is 3.42. The molecule has 0 spiro atoms. The Morgan fingerprint density at radius 2 is 2.11 bits per heavy atom. The summed E-state index contributed by atoms with van der Waals surface area (Å²) in [6.45, 7) is 0.0260. The minimum atomic E-state index is -4.24. The number of hydrogen-bond acceptors (Lipinski definition) is 3. The largest absolute Gasteiger partial charge is 0.496 e. The molecule has 102 valence electrons. The van der Waals surface area contributed by atoms with Crippen molar-refractivity contribution in [2.45, 2.75) is 31.1 Å². The second-order valence-corrected chi connectivity index (χ2v) is 4.57. The van der Waals surface area contributed by atoms with Gasteiger partial charge < -0.3 is 4.74 Å². The lowest BCUT2D eigenvalue weighted by Crippen LogP contribution is -2.44. The molecule has 1 aliphatic carbocycles. The van der Waals surface area contributed by atoms with Crippen molar-refractivity contribution in [3.8, 4) is 11.8 Å². The summed E-state index contributed by atoms with van der Waals surface area (Å²) in [5, 5.41) is 11.3. The van der Waals surface area contributed by atoms with Crippen LogP contribution in [0.15, 0.2) is 18.2 Å². The summed E-state index contributed by atoms with van der Waals surface area (Å²) in [6, 6.07) is 6.65. The van der Waals surface area contributed by atoms with E-state index in [1.165, 1.54) is 13.2 Å². The van der Waals surface area contributed by atoms with Gasteiger partial charge in [0.2, 0.25) is 0 Å². The van der Waals surface area contributed by atoms with Gasteiger partial charge in [-0.25, -0.2) is 0 Å². The van der Waals surface area contributed by atoms with E-state index in [2.05, 4.69) is 5.32 Å². The van der Waals surface area contributed by atoms with Crippen molar-refractivity contribution in [2.24, 2.45) is 0 Å². The Labute approximate surface area is 109 Å². The Morgan fingerprint density at radius 1 is 1.42 bits per heavy atom. The van der Waals surface area contributed by atoms with Gasteiger partial charge in [-0.3, -0.25) is 5.32 Å². The molecule has 1 saturated carbocycles. The fourth-order valence-corrected chi connectivity index (χ4v) is 1.94. The van der Waals surface area contributed by atoms with Crippen LogP contribution >= 0.6 is 0 Å². The molecular weight excluding hydrogens is 257 g/mol. The first-order valence-electron chi connectivity index (χ1n) is 5.81. The molecule has 0 amide bonds. The second kappa shape index (κ2) is 4.74. The predicted molar refractivity (Wildman–Crippen MR) is 62.6 cm³/mol. The van der Waals surface area contributed by atoms with Gasteiger partial charge in [-0.1, -0.05) is 0 Å². The molecule has 19 heavy (non-hydrogen) atoms. The Morgan fingerprint density at radius 3 is 2.58 bits per heavy atom. The van der Waals surface area contributed by atoms with Gasteiger partial charge in [-0.05, 0) is 31.0 Å². The van der Waals surface area contributed by atoms with Gasteiger partial charge >= 0.3 is 6.18 Å². The topological polar surface area (TPSA) is 45.0 Å². The lowest BCUT2D eigenvalue weighted by Gasteiger charge is -2.21. The molecule has 0 aromatic heterocycles. The fourth-order valence-electron chi connectivity index (χ4n) is 1.94. The van der Waals surface area contributed by atoms with Crippen LogP contribution in [0.25, 0.3) is 0 Å². The van der Waals surface area contributed by atoms with Gasteiger partial charge in [0, 0.05) is 12.1 Å². The zero-order chi connectivity index (χ0) is 14.1. The van der Waals surface area contributed by atoms with Gasteiger partial charge in [-0.2, -0.15) is 18.4 Å². The van der Waals surface area contributed by atoms with Crippen LogP contribution in [0.2, 0.25) is 0 Å². The zero-order valence-electron chi connectivity index (χ0n) is 10.3. The second-order valence-electron chi connectivity index (χ2n) is 4.57. The molecule has 3 nitrogen and oxygen atoms in total. The Balaban J connectivity index is 2.14. The van der Waals surface area contributed by atoms with Crippen molar-refractivity contribution in [1.82, 2.24) is 5.32 Å². The SMILES string of the molecule is COc1ccc(C#N)cc1CNC1(C(F)(F)F)CC1. The molecule has 1 aliphatic rings. The van der Waals surface area contributed by atoms with E-state index in [4.69, 9.17) is 10.00 Å². The van der Waals surface area contributed by atoms with Crippen molar-refractivity contribution in [3.63, 3.8) is 0 Å². The molecule has 2 rings (SSSR count). The fraction of sp³-hybridized carbons (Fsp3) is 0.462. The molecule has 0 radical (unpaired) electrons. The highest BCUT2D eigenvalue weighted by Gasteiger charge is 2.62. The van der Waals surface area contributed by atoms with E-state index < -0.39 is 11.7 Å². The van der Waals surface area contributed by atoms with E-state index in [0.29, 0.717) is 16.9 Å². The first kappa shape index (κ1) is 13.7. The number of nitriles is 1. The number of hydrogen-bond donors (Lipinski definition) is 1. The monoisotopic (exact) mass is 270 g/mol. The van der Waals surface area contributed by atoms with Crippen LogP contribution in [0.1, 0.15) is 24.0 Å². The van der Waals surface area contributed by atoms with Crippen molar-refractivity contribution >= 4 is 0 Å². The molecule has 6 heteroatoms. The minimum Gasteiger partial charge on any atom is -0.496 e. The molecule has 0 heterocycles. The highest BCUT2D eigenvalue weighted by atomic mass is 19.4. The number of methoxy groups -OCH3 is 1. The molecule has 1 aromatic carbocycles. The summed E-state index contributed by atoms with van der Waals surface area (Å²) in [5.74, 6) is 0.476. The third kappa shape index (κ3) is 2.66. The molecule has 0 bridgehead atoms. The van der Waals surface area contributed by atoms with E-state index in [-0.39, 0.29) is 19.4 Å². The highest BCUT2D eigenvalue weighted by Crippen LogP contribution is 2.49. The third-order valence-corrected chi connectivity index (χ3v) is 3.32. The summed E-state index contributed by atoms with van der Waals surface area (Å²) in [6.07, 6.45) is -4.05. The average Bonchev–Trinajstić information content (AvgIpc) is 3.16. The van der Waals surface area contributed by atoms with Gasteiger partial charge in [0.25, 0.3) is 0 Å². The van der Waals surface area contributed by atoms with Crippen LogP contribution in [0.3, 0.4) is 0 Å². The third-order valence-electron chi connectivity index (χ3n) is 3.32. The van der Waals surface area contributed by atoms with Gasteiger partial charge in [0.15, 0.2) is 0 Å². The van der Waals surface area contributed by atoms with Crippen molar-refractivity contribution in [2.75, 3.05) is 7.11 Å². The number of nitrogens with zero attached hydrogens (tertiary/aromatic N) is 1. The summed E-state index contributed by atoms with van der Waals surface area (Å²) in [5.41, 5.74) is -0.813. The Hall–Kier alpha value is -1.74. The molecule has 0 atom stereocenters. The molecule has 0 saturated heterocycles. The Bertz CT molecular complexity index is 516. The van der Waals surface area contributed by atoms with Crippen molar-refractivity contribution in [1.29, 1.82) is 5.26 Å². The predicted octanol–water partition coefficient (Wildman–Crippen LogP) is 2.75. The normalized spacial score (nSPS) is 16.8. The molecule has 1 N–H and O–H groups in total. The maximum Gasteiger partial charge on any atom is 0.406 e. The molecular formula is C13H13F3N2O. The van der Waals surface area contributed by atoms with Crippen LogP contribution in [0.5, 0.6) is 5.75 Å².